The van der Waals surface area contributed by atoms with E-state index in [9.17, 15) is 44.7 Å². The Labute approximate surface area is 250 Å². The minimum absolute atomic E-state index is 0.101. The number of carboxylic acids is 1. The van der Waals surface area contributed by atoms with Crippen molar-refractivity contribution < 1.29 is 54.6 Å². The lowest BCUT2D eigenvalue weighted by Crippen LogP contribution is -2.53. The van der Waals surface area contributed by atoms with Gasteiger partial charge in [0, 0.05) is 31.6 Å². The number of ether oxygens (including phenoxy) is 1. The summed E-state index contributed by atoms with van der Waals surface area (Å²) >= 11 is 5.96. The highest BCUT2D eigenvalue weighted by Crippen LogP contribution is 2.37. The first-order chi connectivity index (χ1) is 20.5. The summed E-state index contributed by atoms with van der Waals surface area (Å²) in [6, 6.07) is 11.2. The maximum Gasteiger partial charge on any atom is 0.461 e. The Morgan fingerprint density at radius 2 is 1.68 bits per heavy atom. The monoisotopic (exact) mass is 653 g/mol. The van der Waals surface area contributed by atoms with Crippen LogP contribution in [-0.2, 0) is 16.8 Å². The molecular weight excluding hydrogens is 630 g/mol. The van der Waals surface area contributed by atoms with E-state index in [1.165, 1.54) is 12.1 Å². The quantitative estimate of drug-likeness (QED) is 0.174. The Balaban J connectivity index is 2.13. The van der Waals surface area contributed by atoms with Crippen molar-refractivity contribution in [2.75, 3.05) is 6.54 Å². The van der Waals surface area contributed by atoms with Crippen LogP contribution in [0.2, 0.25) is 5.02 Å². The highest BCUT2D eigenvalue weighted by atomic mass is 35.5. The van der Waals surface area contributed by atoms with Crippen LogP contribution in [0.15, 0.2) is 66.9 Å². The third-order valence-corrected chi connectivity index (χ3v) is 6.58. The van der Waals surface area contributed by atoms with E-state index in [2.05, 4.69) is 15.0 Å². The molecule has 2 unspecified atom stereocenters. The number of benzene rings is 2. The van der Waals surface area contributed by atoms with Crippen LogP contribution in [0.4, 0.5) is 39.9 Å². The predicted molar refractivity (Wildman–Crippen MR) is 141 cm³/mol. The van der Waals surface area contributed by atoms with Gasteiger partial charge in [0.25, 0.3) is 0 Å². The molecule has 1 aromatic heterocycles. The summed E-state index contributed by atoms with van der Waals surface area (Å²) in [6.45, 7) is -1.06. The minimum Gasteiger partial charge on any atom is -0.481 e. The SMILES string of the molecule is O=C(O)CCC(CNC(=O)NC(Cc1ccccc1)(c1cc(F)cc(OC(F)(F)C(F)F)c1)c1ccc(Cl)cn1)C(F)(F)F. The number of aliphatic carboxylic acids is 1. The maximum atomic E-state index is 14.9. The molecule has 2 atom stereocenters. The Kier molecular flexibility index (Phi) is 11.0. The number of halogens is 9. The summed E-state index contributed by atoms with van der Waals surface area (Å²) in [7, 11) is 0. The Bertz CT molecular complexity index is 1430. The number of aromatic nitrogens is 1. The van der Waals surface area contributed by atoms with E-state index in [1.54, 1.807) is 30.3 Å². The summed E-state index contributed by atoms with van der Waals surface area (Å²) in [5, 5.41) is 13.4. The molecule has 0 fully saturated rings. The average Bonchev–Trinajstić information content (AvgIpc) is 2.92. The Morgan fingerprint density at radius 1 is 1.00 bits per heavy atom. The molecule has 16 heteroatoms. The molecule has 3 aromatic rings. The zero-order chi connectivity index (χ0) is 32.7. The smallest absolute Gasteiger partial charge is 0.461 e. The lowest BCUT2D eigenvalue weighted by atomic mass is 9.80. The number of carbonyl (C=O) groups excluding carboxylic acids is 1. The van der Waals surface area contributed by atoms with Crippen LogP contribution in [0.3, 0.4) is 0 Å². The van der Waals surface area contributed by atoms with Gasteiger partial charge in [-0.15, -0.1) is 0 Å². The van der Waals surface area contributed by atoms with Gasteiger partial charge in [-0.2, -0.15) is 30.7 Å². The van der Waals surface area contributed by atoms with E-state index in [0.717, 1.165) is 18.3 Å². The average molecular weight is 654 g/mol. The number of nitrogens with one attached hydrogen (secondary N) is 2. The number of pyridine rings is 1. The molecule has 0 aliphatic rings. The van der Waals surface area contributed by atoms with E-state index < -0.39 is 73.1 Å². The highest BCUT2D eigenvalue weighted by Gasteiger charge is 2.45. The second-order valence-corrected chi connectivity index (χ2v) is 10.0. The molecule has 0 saturated heterocycles. The third kappa shape index (κ3) is 9.18. The Hall–Kier alpha value is -4.14. The van der Waals surface area contributed by atoms with Crippen molar-refractivity contribution in [1.29, 1.82) is 0 Å². The van der Waals surface area contributed by atoms with E-state index >= 15 is 0 Å². The number of nitrogens with zero attached hydrogens (tertiary/aromatic N) is 1. The van der Waals surface area contributed by atoms with Gasteiger partial charge in [0.1, 0.15) is 17.1 Å². The first-order valence-electron chi connectivity index (χ1n) is 12.7. The van der Waals surface area contributed by atoms with Crippen molar-refractivity contribution in [2.45, 2.75) is 43.5 Å². The second-order valence-electron chi connectivity index (χ2n) is 9.58. The largest absolute Gasteiger partial charge is 0.481 e. The van der Waals surface area contributed by atoms with Gasteiger partial charge in [0.05, 0.1) is 16.6 Å². The fourth-order valence-corrected chi connectivity index (χ4v) is 4.37. The molecule has 0 radical (unpaired) electrons. The Morgan fingerprint density at radius 3 is 2.25 bits per heavy atom. The zero-order valence-electron chi connectivity index (χ0n) is 22.4. The van der Waals surface area contributed by atoms with E-state index in [-0.39, 0.29) is 22.7 Å². The molecule has 3 N–H and O–H groups in total. The van der Waals surface area contributed by atoms with Gasteiger partial charge >= 0.3 is 30.7 Å². The van der Waals surface area contributed by atoms with Crippen LogP contribution in [0.1, 0.15) is 29.7 Å². The molecule has 2 amide bonds. The standard InChI is InChI=1S/C28H24ClF8N3O4/c29-19-7-8-22(38-15-19)26(13-16-4-2-1-3-5-16,18-10-20(30)12-21(11-18)44-28(36,37)24(31)32)40-25(43)39-14-17(27(33,34)35)6-9-23(41)42/h1-5,7-8,10-12,15,17,24H,6,9,13-14H2,(H,41,42)(H2,39,40,43). The number of urea groups is 1. The second kappa shape index (κ2) is 14.1. The molecule has 238 valence electrons. The highest BCUT2D eigenvalue weighted by molar-refractivity contribution is 6.30. The first kappa shape index (κ1) is 34.4. The lowest BCUT2D eigenvalue weighted by molar-refractivity contribution is -0.253. The van der Waals surface area contributed by atoms with Gasteiger partial charge in [-0.1, -0.05) is 41.9 Å². The fraction of sp³-hybridized carbons (Fsp3) is 0.321. The molecule has 2 aromatic carbocycles. The van der Waals surface area contributed by atoms with Gasteiger partial charge in [-0.05, 0) is 41.8 Å². The number of rotatable bonds is 13. The minimum atomic E-state index is -5.03. The third-order valence-electron chi connectivity index (χ3n) is 6.35. The fourth-order valence-electron chi connectivity index (χ4n) is 4.25. The van der Waals surface area contributed by atoms with E-state index in [1.807, 2.05) is 5.32 Å². The van der Waals surface area contributed by atoms with E-state index in [0.29, 0.717) is 11.6 Å². The van der Waals surface area contributed by atoms with Crippen molar-refractivity contribution in [3.63, 3.8) is 0 Å². The van der Waals surface area contributed by atoms with Gasteiger partial charge in [0.15, 0.2) is 0 Å². The summed E-state index contributed by atoms with van der Waals surface area (Å²) in [5.74, 6) is -6.04. The van der Waals surface area contributed by atoms with Crippen molar-refractivity contribution in [2.24, 2.45) is 5.92 Å². The van der Waals surface area contributed by atoms with Gasteiger partial charge in [0.2, 0.25) is 0 Å². The van der Waals surface area contributed by atoms with Crippen LogP contribution in [0, 0.1) is 11.7 Å². The summed E-state index contributed by atoms with van der Waals surface area (Å²) in [6.07, 6.45) is -15.1. The summed E-state index contributed by atoms with van der Waals surface area (Å²) in [5.41, 5.74) is -2.07. The number of amides is 2. The van der Waals surface area contributed by atoms with Crippen molar-refractivity contribution >= 4 is 23.6 Å². The van der Waals surface area contributed by atoms with Gasteiger partial charge < -0.3 is 20.5 Å². The molecule has 44 heavy (non-hydrogen) atoms. The van der Waals surface area contributed by atoms with Crippen LogP contribution >= 0.6 is 11.6 Å². The lowest BCUT2D eigenvalue weighted by Gasteiger charge is -2.36. The molecular formula is C28H24ClF8N3O4. The molecule has 0 saturated carbocycles. The van der Waals surface area contributed by atoms with Crippen LogP contribution in [0.5, 0.6) is 5.75 Å². The molecule has 7 nitrogen and oxygen atoms in total. The van der Waals surface area contributed by atoms with Crippen LogP contribution < -0.4 is 15.4 Å². The molecule has 0 aliphatic heterocycles. The number of carboxylic acid groups (broad SMARTS) is 1. The van der Waals surface area contributed by atoms with E-state index in [4.69, 9.17) is 16.7 Å². The van der Waals surface area contributed by atoms with Crippen molar-refractivity contribution in [3.05, 3.63) is 94.5 Å². The topological polar surface area (TPSA) is 101 Å². The molecule has 0 aliphatic carbocycles. The van der Waals surface area contributed by atoms with Crippen LogP contribution in [0.25, 0.3) is 0 Å². The van der Waals surface area contributed by atoms with Gasteiger partial charge in [-0.25, -0.2) is 9.18 Å². The number of hydrogen-bond donors (Lipinski definition) is 3. The number of carbonyl (C=O) groups is 2. The summed E-state index contributed by atoms with van der Waals surface area (Å²) < 4.78 is 113. The van der Waals surface area contributed by atoms with Gasteiger partial charge in [-0.3, -0.25) is 9.78 Å². The first-order valence-corrected chi connectivity index (χ1v) is 13.1. The molecule has 3 rings (SSSR count). The molecule has 0 spiro atoms. The number of hydrogen-bond acceptors (Lipinski definition) is 4. The normalized spacial score (nSPS) is 14.0. The zero-order valence-corrected chi connectivity index (χ0v) is 23.1. The molecule has 0 bridgehead atoms. The van der Waals surface area contributed by atoms with Crippen molar-refractivity contribution in [3.8, 4) is 5.75 Å². The predicted octanol–water partition coefficient (Wildman–Crippen LogP) is 6.94. The maximum absolute atomic E-state index is 14.9. The van der Waals surface area contributed by atoms with Crippen LogP contribution in [-0.4, -0.2) is 47.3 Å². The molecule has 1 heterocycles. The summed E-state index contributed by atoms with van der Waals surface area (Å²) in [4.78, 5) is 28.2. The number of alkyl halides is 7. The van der Waals surface area contributed by atoms with Crippen molar-refractivity contribution in [1.82, 2.24) is 15.6 Å².